The van der Waals surface area contributed by atoms with Crippen molar-refractivity contribution in [3.05, 3.63) is 70.9 Å². The van der Waals surface area contributed by atoms with Crippen molar-refractivity contribution in [3.63, 3.8) is 0 Å². The van der Waals surface area contributed by atoms with Crippen LogP contribution in [-0.4, -0.2) is 38.5 Å². The molecule has 1 aliphatic heterocycles. The number of hydrogen-bond acceptors (Lipinski definition) is 5. The van der Waals surface area contributed by atoms with Crippen LogP contribution in [0.1, 0.15) is 37.9 Å². The maximum absolute atomic E-state index is 12.8. The van der Waals surface area contributed by atoms with E-state index in [1.165, 1.54) is 17.0 Å². The van der Waals surface area contributed by atoms with Gasteiger partial charge in [0.2, 0.25) is 0 Å². The number of urea groups is 1. The molecule has 0 spiro atoms. The summed E-state index contributed by atoms with van der Waals surface area (Å²) in [6.45, 7) is 7.04. The van der Waals surface area contributed by atoms with Crippen LogP contribution in [0.15, 0.2) is 64.7 Å². The van der Waals surface area contributed by atoms with Gasteiger partial charge in [-0.3, -0.25) is 4.72 Å². The molecule has 1 aliphatic rings. The van der Waals surface area contributed by atoms with Crippen LogP contribution in [0.25, 0.3) is 0 Å². The molecule has 0 saturated heterocycles. The Morgan fingerprint density at radius 1 is 1.12 bits per heavy atom. The van der Waals surface area contributed by atoms with Gasteiger partial charge in [0.25, 0.3) is 10.0 Å². The number of nitrogens with one attached hydrogen (secondary N) is 2. The van der Waals surface area contributed by atoms with E-state index in [0.717, 1.165) is 5.56 Å². The molecule has 0 bridgehead atoms. The summed E-state index contributed by atoms with van der Waals surface area (Å²) >= 11 is 0. The predicted octanol–water partition coefficient (Wildman–Crippen LogP) is 3.72. The monoisotopic (exact) mass is 457 g/mol. The highest BCUT2D eigenvalue weighted by atomic mass is 32.2. The van der Waals surface area contributed by atoms with Crippen LogP contribution in [0.5, 0.6) is 0 Å². The number of anilines is 1. The van der Waals surface area contributed by atoms with Gasteiger partial charge in [0.15, 0.2) is 0 Å². The van der Waals surface area contributed by atoms with Crippen LogP contribution in [0.4, 0.5) is 10.5 Å². The van der Waals surface area contributed by atoms with Gasteiger partial charge in [-0.05, 0) is 57.5 Å². The summed E-state index contributed by atoms with van der Waals surface area (Å²) in [4.78, 5) is 26.7. The zero-order valence-electron chi connectivity index (χ0n) is 18.7. The van der Waals surface area contributed by atoms with Crippen molar-refractivity contribution in [2.75, 3.05) is 11.8 Å². The first-order valence-electron chi connectivity index (χ1n) is 10.1. The number of carbonyl (C=O) groups is 2. The fraction of sp³-hybridized carbons (Fsp3) is 0.304. The molecule has 9 heteroatoms. The topological polar surface area (TPSA) is 105 Å². The van der Waals surface area contributed by atoms with Crippen LogP contribution in [-0.2, 0) is 19.6 Å². The second-order valence-electron chi connectivity index (χ2n) is 7.94. The third-order valence-corrected chi connectivity index (χ3v) is 6.52. The minimum absolute atomic E-state index is 0.137. The fourth-order valence-electron chi connectivity index (χ4n) is 3.34. The Morgan fingerprint density at radius 3 is 2.41 bits per heavy atom. The van der Waals surface area contributed by atoms with Gasteiger partial charge in [-0.1, -0.05) is 29.8 Å². The lowest BCUT2D eigenvalue weighted by molar-refractivity contribution is -0.143. The average molecular weight is 458 g/mol. The van der Waals surface area contributed by atoms with Crippen LogP contribution < -0.4 is 10.0 Å². The number of sulfonamides is 1. The molecule has 0 aromatic heterocycles. The van der Waals surface area contributed by atoms with Crippen molar-refractivity contribution in [2.24, 2.45) is 0 Å². The highest BCUT2D eigenvalue weighted by molar-refractivity contribution is 7.92. The standard InChI is InChI=1S/C23H27N3O5S/c1-14(2)31-22(27)20-16(4)26(5)23(28)24-21(20)17-7-6-8-18(13-17)25-32(29,30)19-11-9-15(3)10-12-19/h6-14,21,25H,1-5H3,(H,24,28)/t21-/m0/s1. The number of nitrogens with zero attached hydrogens (tertiary/aromatic N) is 1. The number of ether oxygens (including phenoxy) is 1. The molecule has 1 atom stereocenters. The third-order valence-electron chi connectivity index (χ3n) is 5.12. The van der Waals surface area contributed by atoms with Crippen molar-refractivity contribution in [2.45, 2.75) is 44.7 Å². The second kappa shape index (κ2) is 9.04. The molecule has 0 aliphatic carbocycles. The maximum atomic E-state index is 12.8. The summed E-state index contributed by atoms with van der Waals surface area (Å²) in [6, 6.07) is 11.9. The van der Waals surface area contributed by atoms with E-state index in [2.05, 4.69) is 10.0 Å². The molecule has 2 amide bonds. The first-order valence-corrected chi connectivity index (χ1v) is 11.6. The van der Waals surface area contributed by atoms with Crippen molar-refractivity contribution in [1.82, 2.24) is 10.2 Å². The second-order valence-corrected chi connectivity index (χ2v) is 9.62. The Kier molecular flexibility index (Phi) is 6.59. The van der Waals surface area contributed by atoms with E-state index in [-0.39, 0.29) is 17.0 Å². The lowest BCUT2D eigenvalue weighted by atomic mass is 9.94. The summed E-state index contributed by atoms with van der Waals surface area (Å²) in [6.07, 6.45) is -0.334. The number of amides is 2. The Bertz CT molecular complexity index is 1170. The molecular weight excluding hydrogens is 430 g/mol. The van der Waals surface area contributed by atoms with Crippen molar-refractivity contribution < 1.29 is 22.7 Å². The number of carbonyl (C=O) groups excluding carboxylic acids is 2. The Hall–Kier alpha value is -3.33. The first-order chi connectivity index (χ1) is 15.0. The number of hydrogen-bond donors (Lipinski definition) is 2. The maximum Gasteiger partial charge on any atom is 0.338 e. The molecule has 1 heterocycles. The molecule has 32 heavy (non-hydrogen) atoms. The largest absolute Gasteiger partial charge is 0.459 e. The van der Waals surface area contributed by atoms with Crippen molar-refractivity contribution in [3.8, 4) is 0 Å². The predicted molar refractivity (Wildman–Crippen MR) is 121 cm³/mol. The zero-order valence-corrected chi connectivity index (χ0v) is 19.5. The van der Waals surface area contributed by atoms with Crippen LogP contribution in [0.3, 0.4) is 0 Å². The van der Waals surface area contributed by atoms with Crippen molar-refractivity contribution >= 4 is 27.7 Å². The number of allylic oxidation sites excluding steroid dienone is 1. The van der Waals surface area contributed by atoms with Gasteiger partial charge in [-0.2, -0.15) is 0 Å². The van der Waals surface area contributed by atoms with Gasteiger partial charge in [0.1, 0.15) is 0 Å². The fourth-order valence-corrected chi connectivity index (χ4v) is 4.39. The normalized spacial score (nSPS) is 16.8. The Labute approximate surface area is 188 Å². The summed E-state index contributed by atoms with van der Waals surface area (Å²) in [7, 11) is -2.24. The van der Waals surface area contributed by atoms with Gasteiger partial charge in [-0.15, -0.1) is 0 Å². The average Bonchev–Trinajstić information content (AvgIpc) is 2.71. The van der Waals surface area contributed by atoms with Crippen LogP contribution in [0, 0.1) is 6.92 Å². The van der Waals surface area contributed by atoms with E-state index in [0.29, 0.717) is 22.5 Å². The van der Waals surface area contributed by atoms with Crippen molar-refractivity contribution in [1.29, 1.82) is 0 Å². The van der Waals surface area contributed by atoms with E-state index in [1.807, 2.05) is 6.92 Å². The van der Waals surface area contributed by atoms with E-state index in [9.17, 15) is 18.0 Å². The molecule has 0 radical (unpaired) electrons. The van der Waals surface area contributed by atoms with E-state index < -0.39 is 22.0 Å². The molecular formula is C23H27N3O5S. The highest BCUT2D eigenvalue weighted by Gasteiger charge is 2.35. The Morgan fingerprint density at radius 2 is 1.78 bits per heavy atom. The van der Waals surface area contributed by atoms with Crippen LogP contribution in [0.2, 0.25) is 0 Å². The molecule has 8 nitrogen and oxygen atoms in total. The molecule has 2 aromatic rings. The molecule has 2 N–H and O–H groups in total. The highest BCUT2D eigenvalue weighted by Crippen LogP contribution is 2.32. The molecule has 2 aromatic carbocycles. The molecule has 3 rings (SSSR count). The lowest BCUT2D eigenvalue weighted by Gasteiger charge is -2.33. The number of rotatable bonds is 6. The van der Waals surface area contributed by atoms with Gasteiger partial charge < -0.3 is 15.0 Å². The van der Waals surface area contributed by atoms with Gasteiger partial charge >= 0.3 is 12.0 Å². The summed E-state index contributed by atoms with van der Waals surface area (Å²) in [5.74, 6) is -0.542. The minimum atomic E-state index is -3.80. The van der Waals surface area contributed by atoms with E-state index in [4.69, 9.17) is 4.74 Å². The number of benzene rings is 2. The number of esters is 1. The molecule has 0 saturated carbocycles. The van der Waals surface area contributed by atoms with Gasteiger partial charge in [0.05, 0.1) is 22.6 Å². The minimum Gasteiger partial charge on any atom is -0.459 e. The summed E-state index contributed by atoms with van der Waals surface area (Å²) < 4.78 is 33.5. The summed E-state index contributed by atoms with van der Waals surface area (Å²) in [5, 5.41) is 2.80. The SMILES string of the molecule is CC1=C(C(=O)OC(C)C)[C@H](c2cccc(NS(=O)(=O)c3ccc(C)cc3)c2)NC(=O)N1C. The van der Waals surface area contributed by atoms with Gasteiger partial charge in [-0.25, -0.2) is 18.0 Å². The number of aryl methyl sites for hydroxylation is 1. The van der Waals surface area contributed by atoms with Crippen LogP contribution >= 0.6 is 0 Å². The van der Waals surface area contributed by atoms with Gasteiger partial charge in [0, 0.05) is 18.4 Å². The lowest BCUT2D eigenvalue weighted by Crippen LogP contribution is -2.46. The van der Waals surface area contributed by atoms with E-state index >= 15 is 0 Å². The third kappa shape index (κ3) is 4.94. The first kappa shape index (κ1) is 23.3. The summed E-state index contributed by atoms with van der Waals surface area (Å²) in [5.41, 5.74) is 2.57. The Balaban J connectivity index is 1.97. The zero-order chi connectivity index (χ0) is 23.6. The molecule has 170 valence electrons. The smallest absolute Gasteiger partial charge is 0.338 e. The molecule has 0 fully saturated rings. The quantitative estimate of drug-likeness (QED) is 0.644. The van der Waals surface area contributed by atoms with E-state index in [1.54, 1.807) is 64.2 Å². The molecule has 0 unspecified atom stereocenters.